The zero-order valence-corrected chi connectivity index (χ0v) is 12.8. The molecule has 0 bridgehead atoms. The van der Waals surface area contributed by atoms with E-state index in [1.807, 2.05) is 25.7 Å². The Morgan fingerprint density at radius 2 is 1.89 bits per heavy atom. The van der Waals surface area contributed by atoms with Crippen molar-refractivity contribution in [1.29, 1.82) is 0 Å². The number of aryl methyl sites for hydroxylation is 2. The zero-order valence-electron chi connectivity index (χ0n) is 12.8. The van der Waals surface area contributed by atoms with Crippen LogP contribution in [0.4, 0.5) is 0 Å². The monoisotopic (exact) mass is 262 g/mol. The minimum absolute atomic E-state index is 0.138. The van der Waals surface area contributed by atoms with E-state index in [4.69, 9.17) is 0 Å². The maximum Gasteiger partial charge on any atom is 0.239 e. The van der Waals surface area contributed by atoms with Crippen LogP contribution in [-0.2, 0) is 11.3 Å². The maximum atomic E-state index is 12.1. The fraction of sp³-hybridized carbons (Fsp3) is 0.562. The Morgan fingerprint density at radius 1 is 1.26 bits per heavy atom. The SMILES string of the molecule is CCN(CC)C(=O)C(C)NCc1ccc(C)cc1C. The molecule has 0 heterocycles. The van der Waals surface area contributed by atoms with E-state index in [0.29, 0.717) is 0 Å². The predicted octanol–water partition coefficient (Wildman–Crippen LogP) is 2.65. The van der Waals surface area contributed by atoms with Gasteiger partial charge in [0.1, 0.15) is 0 Å². The lowest BCUT2D eigenvalue weighted by Crippen LogP contribution is -2.44. The van der Waals surface area contributed by atoms with Crippen molar-refractivity contribution in [2.75, 3.05) is 13.1 Å². The lowest BCUT2D eigenvalue weighted by molar-refractivity contribution is -0.132. The third kappa shape index (κ3) is 4.35. The zero-order chi connectivity index (χ0) is 14.4. The van der Waals surface area contributed by atoms with E-state index in [2.05, 4.69) is 37.4 Å². The van der Waals surface area contributed by atoms with Gasteiger partial charge in [0.2, 0.25) is 5.91 Å². The van der Waals surface area contributed by atoms with Crippen LogP contribution in [0.25, 0.3) is 0 Å². The molecule has 0 radical (unpaired) electrons. The highest BCUT2D eigenvalue weighted by atomic mass is 16.2. The van der Waals surface area contributed by atoms with E-state index >= 15 is 0 Å². The maximum absolute atomic E-state index is 12.1. The van der Waals surface area contributed by atoms with Crippen LogP contribution in [-0.4, -0.2) is 29.9 Å². The van der Waals surface area contributed by atoms with Crippen molar-refractivity contribution in [3.05, 3.63) is 34.9 Å². The van der Waals surface area contributed by atoms with Crippen molar-refractivity contribution in [3.63, 3.8) is 0 Å². The molecule has 0 saturated carbocycles. The number of benzene rings is 1. The number of carbonyl (C=O) groups excluding carboxylic acids is 1. The number of nitrogens with one attached hydrogen (secondary N) is 1. The van der Waals surface area contributed by atoms with Gasteiger partial charge in [0.25, 0.3) is 0 Å². The molecule has 0 aliphatic heterocycles. The second-order valence-electron chi connectivity index (χ2n) is 5.04. The average molecular weight is 262 g/mol. The Labute approximate surface area is 117 Å². The summed E-state index contributed by atoms with van der Waals surface area (Å²) in [6.45, 7) is 12.4. The van der Waals surface area contributed by atoms with Gasteiger partial charge in [-0.3, -0.25) is 4.79 Å². The predicted molar refractivity (Wildman–Crippen MR) is 80.1 cm³/mol. The van der Waals surface area contributed by atoms with Gasteiger partial charge in [0.15, 0.2) is 0 Å². The summed E-state index contributed by atoms with van der Waals surface area (Å²) >= 11 is 0. The van der Waals surface area contributed by atoms with Crippen molar-refractivity contribution in [3.8, 4) is 0 Å². The Kier molecular flexibility index (Phi) is 6.03. The van der Waals surface area contributed by atoms with Gasteiger partial charge >= 0.3 is 0 Å². The first-order valence-corrected chi connectivity index (χ1v) is 7.07. The van der Waals surface area contributed by atoms with Crippen LogP contribution in [0.2, 0.25) is 0 Å². The fourth-order valence-corrected chi connectivity index (χ4v) is 2.20. The second kappa shape index (κ2) is 7.29. The van der Waals surface area contributed by atoms with Crippen LogP contribution in [0.15, 0.2) is 18.2 Å². The molecule has 3 nitrogen and oxygen atoms in total. The van der Waals surface area contributed by atoms with Gasteiger partial charge in [-0.05, 0) is 45.7 Å². The van der Waals surface area contributed by atoms with Crippen LogP contribution >= 0.6 is 0 Å². The smallest absolute Gasteiger partial charge is 0.239 e. The first-order valence-electron chi connectivity index (χ1n) is 7.07. The number of amides is 1. The summed E-state index contributed by atoms with van der Waals surface area (Å²) in [7, 11) is 0. The number of carbonyl (C=O) groups is 1. The highest BCUT2D eigenvalue weighted by Crippen LogP contribution is 2.10. The molecular formula is C16H26N2O. The van der Waals surface area contributed by atoms with E-state index in [1.54, 1.807) is 0 Å². The summed E-state index contributed by atoms with van der Waals surface area (Å²) in [6, 6.07) is 6.28. The van der Waals surface area contributed by atoms with E-state index in [0.717, 1.165) is 19.6 Å². The Bertz CT molecular complexity index is 425. The van der Waals surface area contributed by atoms with E-state index < -0.39 is 0 Å². The number of hydrogen-bond donors (Lipinski definition) is 1. The number of likely N-dealkylation sites (N-methyl/N-ethyl adjacent to an activating group) is 1. The fourth-order valence-electron chi connectivity index (χ4n) is 2.20. The van der Waals surface area contributed by atoms with Crippen LogP contribution < -0.4 is 5.32 Å². The highest BCUT2D eigenvalue weighted by Gasteiger charge is 2.17. The topological polar surface area (TPSA) is 32.3 Å². The average Bonchev–Trinajstić information content (AvgIpc) is 2.38. The normalized spacial score (nSPS) is 12.3. The molecule has 0 fully saturated rings. The van der Waals surface area contributed by atoms with E-state index in [9.17, 15) is 4.79 Å². The summed E-state index contributed by atoms with van der Waals surface area (Å²) in [5.74, 6) is 0.176. The standard InChI is InChI=1S/C16H26N2O/c1-6-18(7-2)16(19)14(5)17-11-15-9-8-12(3)10-13(15)4/h8-10,14,17H,6-7,11H2,1-5H3. The molecule has 0 aliphatic carbocycles. The Morgan fingerprint density at radius 3 is 2.42 bits per heavy atom. The molecule has 19 heavy (non-hydrogen) atoms. The molecule has 106 valence electrons. The summed E-state index contributed by atoms with van der Waals surface area (Å²) in [5.41, 5.74) is 3.80. The van der Waals surface area contributed by atoms with E-state index in [1.165, 1.54) is 16.7 Å². The Balaban J connectivity index is 2.58. The van der Waals surface area contributed by atoms with Gasteiger partial charge < -0.3 is 10.2 Å². The molecule has 0 aliphatic rings. The van der Waals surface area contributed by atoms with Gasteiger partial charge in [-0.15, -0.1) is 0 Å². The Hall–Kier alpha value is -1.35. The van der Waals surface area contributed by atoms with Crippen molar-refractivity contribution in [2.24, 2.45) is 0 Å². The minimum atomic E-state index is -0.138. The number of nitrogens with zero attached hydrogens (tertiary/aromatic N) is 1. The lowest BCUT2D eigenvalue weighted by Gasteiger charge is -2.23. The molecule has 1 amide bonds. The van der Waals surface area contributed by atoms with Gasteiger partial charge in [-0.1, -0.05) is 23.8 Å². The van der Waals surface area contributed by atoms with Crippen LogP contribution in [0.5, 0.6) is 0 Å². The van der Waals surface area contributed by atoms with E-state index in [-0.39, 0.29) is 11.9 Å². The second-order valence-corrected chi connectivity index (χ2v) is 5.04. The van der Waals surface area contributed by atoms with Crippen LogP contribution in [0.1, 0.15) is 37.5 Å². The summed E-state index contributed by atoms with van der Waals surface area (Å²) < 4.78 is 0. The molecule has 1 atom stereocenters. The molecule has 0 spiro atoms. The molecule has 1 N–H and O–H groups in total. The third-order valence-electron chi connectivity index (χ3n) is 3.54. The number of rotatable bonds is 6. The van der Waals surface area contributed by atoms with Gasteiger partial charge in [-0.2, -0.15) is 0 Å². The lowest BCUT2D eigenvalue weighted by atomic mass is 10.1. The van der Waals surface area contributed by atoms with Crippen molar-refractivity contribution in [1.82, 2.24) is 10.2 Å². The largest absolute Gasteiger partial charge is 0.342 e. The van der Waals surface area contributed by atoms with Gasteiger partial charge in [-0.25, -0.2) is 0 Å². The van der Waals surface area contributed by atoms with Crippen molar-refractivity contribution in [2.45, 2.75) is 47.2 Å². The highest BCUT2D eigenvalue weighted by molar-refractivity contribution is 5.81. The first-order chi connectivity index (χ1) is 8.99. The van der Waals surface area contributed by atoms with Crippen LogP contribution in [0, 0.1) is 13.8 Å². The third-order valence-corrected chi connectivity index (χ3v) is 3.54. The molecule has 1 rings (SSSR count). The van der Waals surface area contributed by atoms with Crippen molar-refractivity contribution < 1.29 is 4.79 Å². The summed E-state index contributed by atoms with van der Waals surface area (Å²) in [6.07, 6.45) is 0. The number of hydrogen-bond acceptors (Lipinski definition) is 2. The molecule has 0 aromatic heterocycles. The first kappa shape index (κ1) is 15.7. The van der Waals surface area contributed by atoms with Crippen LogP contribution in [0.3, 0.4) is 0 Å². The van der Waals surface area contributed by atoms with Crippen molar-refractivity contribution >= 4 is 5.91 Å². The summed E-state index contributed by atoms with van der Waals surface area (Å²) in [5, 5.41) is 3.32. The molecule has 1 aromatic carbocycles. The summed E-state index contributed by atoms with van der Waals surface area (Å²) in [4.78, 5) is 14.0. The van der Waals surface area contributed by atoms with Gasteiger partial charge in [0, 0.05) is 19.6 Å². The quantitative estimate of drug-likeness (QED) is 0.855. The molecule has 3 heteroatoms. The molecular weight excluding hydrogens is 236 g/mol. The molecule has 1 unspecified atom stereocenters. The molecule has 1 aromatic rings. The minimum Gasteiger partial charge on any atom is -0.342 e. The van der Waals surface area contributed by atoms with Gasteiger partial charge in [0.05, 0.1) is 6.04 Å². The molecule has 0 saturated heterocycles.